The highest BCUT2D eigenvalue weighted by atomic mass is 19.3. The Morgan fingerprint density at radius 1 is 1.30 bits per heavy atom. The largest absolute Gasteiger partial charge is 0.489 e. The molecule has 0 aliphatic carbocycles. The minimum Gasteiger partial charge on any atom is -0.489 e. The van der Waals surface area contributed by atoms with Crippen LogP contribution >= 0.6 is 0 Å². The molecule has 1 atom stereocenters. The lowest BCUT2D eigenvalue weighted by Crippen LogP contribution is -2.42. The molecule has 0 fully saturated rings. The van der Waals surface area contributed by atoms with Crippen LogP contribution in [0.4, 0.5) is 13.2 Å². The van der Waals surface area contributed by atoms with E-state index in [1.807, 2.05) is 13.8 Å². The maximum absolute atomic E-state index is 13.3. The first-order valence-electron chi connectivity index (χ1n) is 8.77. The number of nitrogens with zero attached hydrogens (tertiary/aromatic N) is 3. The Balaban J connectivity index is 1.96. The van der Waals surface area contributed by atoms with Gasteiger partial charge in [-0.2, -0.15) is 8.78 Å². The quantitative estimate of drug-likeness (QED) is 0.515. The fourth-order valence-electron chi connectivity index (χ4n) is 2.35. The predicted octanol–water partition coefficient (Wildman–Crippen LogP) is 3.33. The van der Waals surface area contributed by atoms with Crippen LogP contribution in [0.5, 0.6) is 5.75 Å². The fourth-order valence-corrected chi connectivity index (χ4v) is 2.35. The summed E-state index contributed by atoms with van der Waals surface area (Å²) < 4.78 is 45.6. The van der Waals surface area contributed by atoms with Gasteiger partial charge in [0.25, 0.3) is 0 Å². The van der Waals surface area contributed by atoms with E-state index in [4.69, 9.17) is 4.74 Å². The Morgan fingerprint density at radius 3 is 2.78 bits per heavy atom. The molecule has 1 unspecified atom stereocenters. The summed E-state index contributed by atoms with van der Waals surface area (Å²) in [5, 5.41) is 6.16. The molecular weight excluding hydrogens is 359 g/mol. The number of halogens is 3. The molecule has 0 spiro atoms. The highest BCUT2D eigenvalue weighted by Gasteiger charge is 2.12. The van der Waals surface area contributed by atoms with Crippen molar-refractivity contribution in [3.05, 3.63) is 48.3 Å². The predicted molar refractivity (Wildman–Crippen MR) is 97.4 cm³/mol. The molecule has 0 saturated heterocycles. The molecular formula is C18H24F3N5O. The Morgan fingerprint density at radius 2 is 2.11 bits per heavy atom. The zero-order valence-electron chi connectivity index (χ0n) is 15.3. The van der Waals surface area contributed by atoms with E-state index in [1.165, 1.54) is 24.5 Å². The molecule has 0 bridgehead atoms. The number of hydrogen-bond acceptors (Lipinski definition) is 3. The second kappa shape index (κ2) is 10.4. The molecule has 2 N–H and O–H groups in total. The summed E-state index contributed by atoms with van der Waals surface area (Å²) in [7, 11) is 0. The van der Waals surface area contributed by atoms with Crippen molar-refractivity contribution in [1.82, 2.24) is 20.2 Å². The van der Waals surface area contributed by atoms with E-state index in [1.54, 1.807) is 12.1 Å². The zero-order chi connectivity index (χ0) is 19.6. The average molecular weight is 383 g/mol. The van der Waals surface area contributed by atoms with Crippen LogP contribution in [0.3, 0.4) is 0 Å². The van der Waals surface area contributed by atoms with Gasteiger partial charge in [0.2, 0.25) is 0 Å². The third-order valence-corrected chi connectivity index (χ3v) is 3.73. The van der Waals surface area contributed by atoms with Gasteiger partial charge in [-0.3, -0.25) is 4.57 Å². The standard InChI is InChI=1S/C18H24F3N5O/c1-3-14(27-15-7-5-6-13(19)10-15)11-24-18(22-4-2)25-12-16-23-8-9-26(16)17(20)21/h5-10,14,17H,3-4,11-12H2,1-2H3,(H2,22,24,25). The van der Waals surface area contributed by atoms with Crippen molar-refractivity contribution in [2.45, 2.75) is 39.5 Å². The van der Waals surface area contributed by atoms with Gasteiger partial charge in [0.15, 0.2) is 5.96 Å². The van der Waals surface area contributed by atoms with E-state index in [0.717, 1.165) is 4.57 Å². The SMILES string of the molecule is CCNC(=NCc1nccn1C(F)F)NCC(CC)Oc1cccc(F)c1. The Kier molecular flexibility index (Phi) is 7.97. The van der Waals surface area contributed by atoms with E-state index < -0.39 is 6.55 Å². The van der Waals surface area contributed by atoms with Crippen LogP contribution in [0.15, 0.2) is 41.7 Å². The van der Waals surface area contributed by atoms with E-state index in [0.29, 0.717) is 31.2 Å². The minimum atomic E-state index is -2.66. The average Bonchev–Trinajstić information content (AvgIpc) is 3.11. The van der Waals surface area contributed by atoms with Crippen molar-refractivity contribution in [2.75, 3.05) is 13.1 Å². The first-order valence-corrected chi connectivity index (χ1v) is 8.77. The van der Waals surface area contributed by atoms with Crippen LogP contribution in [0.2, 0.25) is 0 Å². The van der Waals surface area contributed by atoms with Crippen molar-refractivity contribution in [3.63, 3.8) is 0 Å². The number of imidazole rings is 1. The molecule has 1 heterocycles. The number of hydrogen-bond donors (Lipinski definition) is 2. The molecule has 1 aromatic carbocycles. The molecule has 9 heteroatoms. The molecule has 2 rings (SSSR count). The van der Waals surface area contributed by atoms with E-state index in [9.17, 15) is 13.2 Å². The molecule has 148 valence electrons. The van der Waals surface area contributed by atoms with E-state index in [2.05, 4.69) is 20.6 Å². The summed E-state index contributed by atoms with van der Waals surface area (Å²) in [5.41, 5.74) is 0. The number of aromatic nitrogens is 2. The monoisotopic (exact) mass is 383 g/mol. The third-order valence-electron chi connectivity index (χ3n) is 3.73. The highest BCUT2D eigenvalue weighted by molar-refractivity contribution is 5.79. The minimum absolute atomic E-state index is 0.00815. The molecule has 0 aliphatic rings. The molecule has 1 aromatic heterocycles. The van der Waals surface area contributed by atoms with Crippen LogP contribution in [0, 0.1) is 5.82 Å². The topological polar surface area (TPSA) is 63.5 Å². The van der Waals surface area contributed by atoms with Gasteiger partial charge in [-0.1, -0.05) is 13.0 Å². The molecule has 0 radical (unpaired) electrons. The Labute approximate surface area is 156 Å². The second-order valence-corrected chi connectivity index (χ2v) is 5.71. The molecule has 2 aromatic rings. The number of alkyl halides is 2. The Bertz CT molecular complexity index is 735. The maximum Gasteiger partial charge on any atom is 0.319 e. The zero-order valence-corrected chi connectivity index (χ0v) is 15.3. The smallest absolute Gasteiger partial charge is 0.319 e. The van der Waals surface area contributed by atoms with Crippen molar-refractivity contribution in [2.24, 2.45) is 4.99 Å². The first kappa shape index (κ1) is 20.6. The van der Waals surface area contributed by atoms with Gasteiger partial charge >= 0.3 is 6.55 Å². The normalized spacial score (nSPS) is 12.9. The number of guanidine groups is 1. The Hall–Kier alpha value is -2.71. The summed E-state index contributed by atoms with van der Waals surface area (Å²) in [6.45, 7) is 2.23. The van der Waals surface area contributed by atoms with Gasteiger partial charge < -0.3 is 15.4 Å². The number of rotatable bonds is 9. The van der Waals surface area contributed by atoms with Crippen molar-refractivity contribution in [1.29, 1.82) is 0 Å². The summed E-state index contributed by atoms with van der Waals surface area (Å²) in [6, 6.07) is 5.95. The van der Waals surface area contributed by atoms with Crippen molar-refractivity contribution in [3.8, 4) is 5.75 Å². The van der Waals surface area contributed by atoms with Gasteiger partial charge in [-0.25, -0.2) is 14.4 Å². The van der Waals surface area contributed by atoms with Gasteiger partial charge in [0.05, 0.1) is 6.54 Å². The molecule has 0 saturated carbocycles. The van der Waals surface area contributed by atoms with Crippen LogP contribution in [0.1, 0.15) is 32.6 Å². The number of aliphatic imine (C=N–C) groups is 1. The maximum atomic E-state index is 13.3. The van der Waals surface area contributed by atoms with Gasteiger partial charge in [0.1, 0.15) is 30.0 Å². The molecule has 0 amide bonds. The molecule has 6 nitrogen and oxygen atoms in total. The summed E-state index contributed by atoms with van der Waals surface area (Å²) in [6.07, 6.45) is 3.02. The van der Waals surface area contributed by atoms with Gasteiger partial charge in [0, 0.05) is 25.0 Å². The number of nitrogens with one attached hydrogen (secondary N) is 2. The first-order chi connectivity index (χ1) is 13.0. The summed E-state index contributed by atoms with van der Waals surface area (Å²) in [5.74, 6) is 0.720. The number of ether oxygens (including phenoxy) is 1. The third kappa shape index (κ3) is 6.50. The van der Waals surface area contributed by atoms with Crippen molar-refractivity contribution >= 4 is 5.96 Å². The lowest BCUT2D eigenvalue weighted by molar-refractivity contribution is 0.0671. The molecule has 0 aliphatic heterocycles. The van der Waals surface area contributed by atoms with E-state index >= 15 is 0 Å². The van der Waals surface area contributed by atoms with Crippen LogP contribution in [-0.2, 0) is 6.54 Å². The van der Waals surface area contributed by atoms with Crippen molar-refractivity contribution < 1.29 is 17.9 Å². The van der Waals surface area contributed by atoms with Crippen LogP contribution in [0.25, 0.3) is 0 Å². The molecule has 27 heavy (non-hydrogen) atoms. The fraction of sp³-hybridized carbons (Fsp3) is 0.444. The second-order valence-electron chi connectivity index (χ2n) is 5.71. The van der Waals surface area contributed by atoms with Crippen LogP contribution < -0.4 is 15.4 Å². The van der Waals surface area contributed by atoms with Gasteiger partial charge in [-0.15, -0.1) is 0 Å². The number of benzene rings is 1. The van der Waals surface area contributed by atoms with Gasteiger partial charge in [-0.05, 0) is 25.5 Å². The summed E-state index contributed by atoms with van der Waals surface area (Å²) in [4.78, 5) is 8.19. The lowest BCUT2D eigenvalue weighted by atomic mass is 10.2. The highest BCUT2D eigenvalue weighted by Crippen LogP contribution is 2.15. The lowest BCUT2D eigenvalue weighted by Gasteiger charge is -2.20. The van der Waals surface area contributed by atoms with Crippen LogP contribution in [-0.4, -0.2) is 34.7 Å². The summed E-state index contributed by atoms with van der Waals surface area (Å²) >= 11 is 0. The van der Waals surface area contributed by atoms with E-state index in [-0.39, 0.29) is 24.3 Å².